The third kappa shape index (κ3) is 2.94. The summed E-state index contributed by atoms with van der Waals surface area (Å²) < 4.78 is 0. The van der Waals surface area contributed by atoms with E-state index in [4.69, 9.17) is 0 Å². The smallest absolute Gasteiger partial charge is 0.0387 e. The summed E-state index contributed by atoms with van der Waals surface area (Å²) >= 11 is 0. The fourth-order valence-electron chi connectivity index (χ4n) is 4.63. The first-order chi connectivity index (χ1) is 14.0. The van der Waals surface area contributed by atoms with Gasteiger partial charge in [-0.05, 0) is 70.1 Å². The lowest BCUT2D eigenvalue weighted by molar-refractivity contribution is 0.660. The van der Waals surface area contributed by atoms with Crippen LogP contribution in [0.15, 0.2) is 91.0 Å². The summed E-state index contributed by atoms with van der Waals surface area (Å²) in [7, 11) is 0. The Morgan fingerprint density at radius 3 is 1.97 bits per heavy atom. The van der Waals surface area contributed by atoms with Crippen molar-refractivity contribution >= 4 is 11.4 Å². The van der Waals surface area contributed by atoms with E-state index in [0.29, 0.717) is 0 Å². The van der Waals surface area contributed by atoms with Crippen LogP contribution in [0.25, 0.3) is 22.3 Å². The minimum atomic E-state index is 0.0245. The molecule has 1 aliphatic rings. The van der Waals surface area contributed by atoms with E-state index in [1.807, 2.05) is 0 Å². The van der Waals surface area contributed by atoms with Crippen LogP contribution in [0.3, 0.4) is 0 Å². The molecule has 0 saturated heterocycles. The summed E-state index contributed by atoms with van der Waals surface area (Å²) in [5.74, 6) is 0. The number of hydrogen-bond donors (Lipinski definition) is 1. The molecule has 0 atom stereocenters. The first kappa shape index (κ1) is 17.8. The Balaban J connectivity index is 1.47. The lowest BCUT2D eigenvalue weighted by Gasteiger charge is -2.22. The SMILES string of the molecule is Cc1cc(Nc2ccc3c(c2)C(C)(C)c2ccccc2-3)ccc1-c1ccccc1. The van der Waals surface area contributed by atoms with Crippen LogP contribution in [0.5, 0.6) is 0 Å². The van der Waals surface area contributed by atoms with Crippen LogP contribution in [-0.4, -0.2) is 0 Å². The van der Waals surface area contributed by atoms with Crippen LogP contribution in [0.1, 0.15) is 30.5 Å². The Labute approximate surface area is 173 Å². The fraction of sp³-hybridized carbons (Fsp3) is 0.143. The molecule has 0 amide bonds. The fourth-order valence-corrected chi connectivity index (χ4v) is 4.63. The van der Waals surface area contributed by atoms with E-state index in [0.717, 1.165) is 11.4 Å². The van der Waals surface area contributed by atoms with Gasteiger partial charge in [-0.25, -0.2) is 0 Å². The number of rotatable bonds is 3. The number of hydrogen-bond acceptors (Lipinski definition) is 1. The van der Waals surface area contributed by atoms with Gasteiger partial charge in [-0.2, -0.15) is 0 Å². The highest BCUT2D eigenvalue weighted by atomic mass is 14.9. The monoisotopic (exact) mass is 375 g/mol. The first-order valence-corrected chi connectivity index (χ1v) is 10.2. The molecule has 0 aliphatic heterocycles. The lowest BCUT2D eigenvalue weighted by Crippen LogP contribution is -2.15. The van der Waals surface area contributed by atoms with Gasteiger partial charge in [0.15, 0.2) is 0 Å². The minimum Gasteiger partial charge on any atom is -0.356 e. The van der Waals surface area contributed by atoms with E-state index in [2.05, 4.69) is 117 Å². The standard InChI is InChI=1S/C28H25N/c1-19-17-21(13-15-23(19)20-9-5-4-6-10-20)29-22-14-16-25-24-11-7-8-12-26(24)28(2,3)27(25)18-22/h4-18,29H,1-3H3. The topological polar surface area (TPSA) is 12.0 Å². The maximum absolute atomic E-state index is 3.62. The van der Waals surface area contributed by atoms with Crippen molar-refractivity contribution in [3.05, 3.63) is 108 Å². The zero-order valence-electron chi connectivity index (χ0n) is 17.2. The van der Waals surface area contributed by atoms with Crippen molar-refractivity contribution in [3.63, 3.8) is 0 Å². The molecule has 5 rings (SSSR count). The van der Waals surface area contributed by atoms with E-state index in [-0.39, 0.29) is 5.41 Å². The number of anilines is 2. The van der Waals surface area contributed by atoms with Crippen molar-refractivity contribution in [3.8, 4) is 22.3 Å². The molecule has 0 spiro atoms. The summed E-state index contributed by atoms with van der Waals surface area (Å²) in [6.45, 7) is 6.82. The molecule has 29 heavy (non-hydrogen) atoms. The molecule has 4 aromatic rings. The Hall–Kier alpha value is -3.32. The summed E-state index contributed by atoms with van der Waals surface area (Å²) in [5.41, 5.74) is 11.6. The van der Waals surface area contributed by atoms with Crippen LogP contribution >= 0.6 is 0 Å². The normalized spacial score (nSPS) is 13.6. The van der Waals surface area contributed by atoms with Gasteiger partial charge in [0.05, 0.1) is 0 Å². The lowest BCUT2D eigenvalue weighted by atomic mass is 9.82. The van der Waals surface area contributed by atoms with Crippen LogP contribution in [-0.2, 0) is 5.41 Å². The highest BCUT2D eigenvalue weighted by Gasteiger charge is 2.35. The quantitative estimate of drug-likeness (QED) is 0.386. The van der Waals surface area contributed by atoms with Crippen molar-refractivity contribution in [2.24, 2.45) is 0 Å². The minimum absolute atomic E-state index is 0.0245. The van der Waals surface area contributed by atoms with Crippen molar-refractivity contribution in [1.82, 2.24) is 0 Å². The summed E-state index contributed by atoms with van der Waals surface area (Å²) in [6.07, 6.45) is 0. The number of nitrogens with one attached hydrogen (secondary N) is 1. The average molecular weight is 376 g/mol. The second-order valence-electron chi connectivity index (χ2n) is 8.45. The second-order valence-corrected chi connectivity index (χ2v) is 8.45. The molecular formula is C28H25N. The number of fused-ring (bicyclic) bond motifs is 3. The molecule has 142 valence electrons. The Kier molecular flexibility index (Phi) is 4.06. The van der Waals surface area contributed by atoms with Gasteiger partial charge in [-0.1, -0.05) is 80.6 Å². The van der Waals surface area contributed by atoms with Gasteiger partial charge in [0.2, 0.25) is 0 Å². The van der Waals surface area contributed by atoms with Gasteiger partial charge in [0, 0.05) is 16.8 Å². The molecule has 1 aliphatic carbocycles. The van der Waals surface area contributed by atoms with E-state index >= 15 is 0 Å². The van der Waals surface area contributed by atoms with Crippen molar-refractivity contribution in [2.75, 3.05) is 5.32 Å². The predicted molar refractivity (Wildman–Crippen MR) is 124 cm³/mol. The van der Waals surface area contributed by atoms with Gasteiger partial charge < -0.3 is 5.32 Å². The molecular weight excluding hydrogens is 350 g/mol. The highest BCUT2D eigenvalue weighted by molar-refractivity contribution is 5.83. The van der Waals surface area contributed by atoms with Gasteiger partial charge in [-0.3, -0.25) is 0 Å². The molecule has 1 heteroatoms. The van der Waals surface area contributed by atoms with E-state index in [1.165, 1.54) is 38.9 Å². The third-order valence-electron chi connectivity index (χ3n) is 6.18. The second kappa shape index (κ2) is 6.63. The third-order valence-corrected chi connectivity index (χ3v) is 6.18. The largest absolute Gasteiger partial charge is 0.356 e. The van der Waals surface area contributed by atoms with Crippen LogP contribution in [0.4, 0.5) is 11.4 Å². The molecule has 0 unspecified atom stereocenters. The Bertz CT molecular complexity index is 1200. The van der Waals surface area contributed by atoms with Gasteiger partial charge in [0.25, 0.3) is 0 Å². The molecule has 1 N–H and O–H groups in total. The molecule has 0 saturated carbocycles. The molecule has 0 bridgehead atoms. The summed E-state index contributed by atoms with van der Waals surface area (Å²) in [5, 5.41) is 3.62. The van der Waals surface area contributed by atoms with Crippen LogP contribution < -0.4 is 5.32 Å². The first-order valence-electron chi connectivity index (χ1n) is 10.2. The molecule has 0 aromatic heterocycles. The summed E-state index contributed by atoms with van der Waals surface area (Å²) in [4.78, 5) is 0. The van der Waals surface area contributed by atoms with E-state index < -0.39 is 0 Å². The molecule has 0 heterocycles. The number of aryl methyl sites for hydroxylation is 1. The van der Waals surface area contributed by atoms with Gasteiger partial charge in [0.1, 0.15) is 0 Å². The maximum atomic E-state index is 3.62. The zero-order valence-corrected chi connectivity index (χ0v) is 17.2. The molecule has 0 radical (unpaired) electrons. The van der Waals surface area contributed by atoms with Crippen LogP contribution in [0, 0.1) is 6.92 Å². The van der Waals surface area contributed by atoms with Gasteiger partial charge >= 0.3 is 0 Å². The zero-order chi connectivity index (χ0) is 20.0. The van der Waals surface area contributed by atoms with Crippen molar-refractivity contribution in [1.29, 1.82) is 0 Å². The molecule has 4 aromatic carbocycles. The molecule has 1 nitrogen and oxygen atoms in total. The Morgan fingerprint density at radius 2 is 1.21 bits per heavy atom. The highest BCUT2D eigenvalue weighted by Crippen LogP contribution is 2.49. The predicted octanol–water partition coefficient (Wildman–Crippen LogP) is 7.71. The van der Waals surface area contributed by atoms with E-state index in [9.17, 15) is 0 Å². The summed E-state index contributed by atoms with van der Waals surface area (Å²) in [6, 6.07) is 32.7. The Morgan fingerprint density at radius 1 is 0.586 bits per heavy atom. The maximum Gasteiger partial charge on any atom is 0.0387 e. The van der Waals surface area contributed by atoms with Gasteiger partial charge in [-0.15, -0.1) is 0 Å². The van der Waals surface area contributed by atoms with E-state index in [1.54, 1.807) is 0 Å². The van der Waals surface area contributed by atoms with Crippen LogP contribution in [0.2, 0.25) is 0 Å². The van der Waals surface area contributed by atoms with Crippen molar-refractivity contribution < 1.29 is 0 Å². The average Bonchev–Trinajstić information content (AvgIpc) is 2.96. The molecule has 0 fully saturated rings. The number of benzene rings is 4. The van der Waals surface area contributed by atoms with Crippen molar-refractivity contribution in [2.45, 2.75) is 26.2 Å².